The second-order valence-corrected chi connectivity index (χ2v) is 12.1. The number of carboxylic acids is 1. The molecule has 0 aliphatic rings. The fourth-order valence-electron chi connectivity index (χ4n) is 3.03. The molecule has 0 aromatic heterocycles. The maximum atomic E-state index is 12.9. The summed E-state index contributed by atoms with van der Waals surface area (Å²) >= 11 is 0. The van der Waals surface area contributed by atoms with Gasteiger partial charge in [-0.15, -0.1) is 0 Å². The number of hydrogen-bond acceptors (Lipinski definition) is 10. The monoisotopic (exact) mass is 550 g/mol. The molecule has 0 aromatic carbocycles. The summed E-state index contributed by atoms with van der Waals surface area (Å²) < 4.78 is 0. The highest BCUT2D eigenvalue weighted by molar-refractivity contribution is 8.76. The van der Waals surface area contributed by atoms with Crippen molar-refractivity contribution in [3.05, 3.63) is 0 Å². The third-order valence-corrected chi connectivity index (χ3v) is 7.44. The molecule has 5 atom stereocenters. The van der Waals surface area contributed by atoms with Crippen molar-refractivity contribution in [3.63, 3.8) is 0 Å². The number of carboxylic acid groups (broad SMARTS) is 1. The summed E-state index contributed by atoms with van der Waals surface area (Å²) in [5.41, 5.74) is 5.61. The summed E-state index contributed by atoms with van der Waals surface area (Å²) in [4.78, 5) is 61.0. The standard InChI is InChI=1S/C23H42N4O7S2/c1-11(2)20(31)16(26-22(33)15(24)8-18(29)30)9-35-36-10-17(25-13(5)6)23(34)27-19(14(7)28)21(32)12(3)4/h11-17,19,25,28H,8-10,24H2,1-7H3,(H,26,33)(H,27,34)(H,29,30)/t14-,15+,16+,17+,19+/m1/s1. The van der Waals surface area contributed by atoms with Crippen LogP contribution in [0.4, 0.5) is 0 Å². The van der Waals surface area contributed by atoms with Crippen LogP contribution in [0.2, 0.25) is 0 Å². The highest BCUT2D eigenvalue weighted by Gasteiger charge is 2.31. The summed E-state index contributed by atoms with van der Waals surface area (Å²) in [6, 6.07) is -3.89. The first kappa shape index (κ1) is 34.3. The lowest BCUT2D eigenvalue weighted by molar-refractivity contribution is -0.139. The molecular formula is C23H42N4O7S2. The Balaban J connectivity index is 5.20. The molecule has 0 saturated heterocycles. The van der Waals surface area contributed by atoms with Gasteiger partial charge in [-0.05, 0) is 6.92 Å². The first-order chi connectivity index (χ1) is 16.6. The molecule has 7 N–H and O–H groups in total. The van der Waals surface area contributed by atoms with E-state index < -0.39 is 54.5 Å². The molecule has 0 spiro atoms. The van der Waals surface area contributed by atoms with Crippen LogP contribution in [-0.2, 0) is 24.0 Å². The van der Waals surface area contributed by atoms with Gasteiger partial charge in [0.05, 0.1) is 30.7 Å². The number of aliphatic hydroxyl groups is 1. The second kappa shape index (κ2) is 17.0. The molecule has 0 aliphatic carbocycles. The highest BCUT2D eigenvalue weighted by atomic mass is 33.1. The number of nitrogens with one attached hydrogen (secondary N) is 3. The van der Waals surface area contributed by atoms with Gasteiger partial charge in [0, 0.05) is 29.4 Å². The van der Waals surface area contributed by atoms with Gasteiger partial charge in [0.15, 0.2) is 11.6 Å². The van der Waals surface area contributed by atoms with Gasteiger partial charge < -0.3 is 31.9 Å². The number of ketones is 2. The van der Waals surface area contributed by atoms with Gasteiger partial charge in [-0.2, -0.15) is 0 Å². The number of amides is 2. The number of Topliss-reactive ketones (excluding diaryl/α,β-unsaturated/α-hetero) is 2. The van der Waals surface area contributed by atoms with Gasteiger partial charge in [-0.3, -0.25) is 24.0 Å². The fraction of sp³-hybridized carbons (Fsp3) is 0.783. The van der Waals surface area contributed by atoms with Crippen molar-refractivity contribution in [3.8, 4) is 0 Å². The van der Waals surface area contributed by atoms with Gasteiger partial charge in [-0.25, -0.2) is 0 Å². The zero-order chi connectivity index (χ0) is 28.2. The predicted molar refractivity (Wildman–Crippen MR) is 142 cm³/mol. The summed E-state index contributed by atoms with van der Waals surface area (Å²) in [7, 11) is 2.57. The number of aliphatic hydroxyl groups excluding tert-OH is 1. The number of carbonyl (C=O) groups excluding carboxylic acids is 4. The molecule has 13 heteroatoms. The topological polar surface area (TPSA) is 188 Å². The van der Waals surface area contributed by atoms with Crippen LogP contribution in [-0.4, -0.2) is 87.4 Å². The van der Waals surface area contributed by atoms with E-state index in [-0.39, 0.29) is 40.9 Å². The van der Waals surface area contributed by atoms with Crippen LogP contribution in [0, 0.1) is 11.8 Å². The average Bonchev–Trinajstić information content (AvgIpc) is 2.75. The van der Waals surface area contributed by atoms with Gasteiger partial charge in [0.25, 0.3) is 0 Å². The van der Waals surface area contributed by atoms with E-state index in [2.05, 4.69) is 16.0 Å². The summed E-state index contributed by atoms with van der Waals surface area (Å²) in [6.07, 6.45) is -1.61. The van der Waals surface area contributed by atoms with E-state index in [0.29, 0.717) is 0 Å². The zero-order valence-electron chi connectivity index (χ0n) is 22.1. The van der Waals surface area contributed by atoms with E-state index in [1.165, 1.54) is 28.5 Å². The van der Waals surface area contributed by atoms with E-state index in [1.807, 2.05) is 13.8 Å². The summed E-state index contributed by atoms with van der Waals surface area (Å²) in [6.45, 7) is 12.0. The maximum absolute atomic E-state index is 12.9. The van der Waals surface area contributed by atoms with Crippen molar-refractivity contribution in [1.82, 2.24) is 16.0 Å². The minimum absolute atomic E-state index is 0.0394. The third-order valence-electron chi connectivity index (χ3n) is 5.02. The average molecular weight is 551 g/mol. The van der Waals surface area contributed by atoms with Crippen LogP contribution in [0.1, 0.15) is 54.9 Å². The van der Waals surface area contributed by atoms with Crippen molar-refractivity contribution in [2.45, 2.75) is 91.2 Å². The lowest BCUT2D eigenvalue weighted by Gasteiger charge is -2.26. The normalized spacial score (nSPS) is 15.8. The lowest BCUT2D eigenvalue weighted by atomic mass is 9.98. The molecule has 2 amide bonds. The molecule has 0 aliphatic heterocycles. The first-order valence-corrected chi connectivity index (χ1v) is 14.4. The van der Waals surface area contributed by atoms with Crippen LogP contribution in [0.5, 0.6) is 0 Å². The molecule has 36 heavy (non-hydrogen) atoms. The van der Waals surface area contributed by atoms with Crippen molar-refractivity contribution in [2.75, 3.05) is 11.5 Å². The number of aliphatic carboxylic acids is 1. The Morgan fingerprint density at radius 3 is 1.69 bits per heavy atom. The first-order valence-electron chi connectivity index (χ1n) is 11.9. The minimum atomic E-state index is -1.28. The van der Waals surface area contributed by atoms with Crippen molar-refractivity contribution in [2.24, 2.45) is 17.6 Å². The zero-order valence-corrected chi connectivity index (χ0v) is 23.7. The van der Waals surface area contributed by atoms with Crippen molar-refractivity contribution >= 4 is 50.9 Å². The van der Waals surface area contributed by atoms with Gasteiger partial charge in [0.2, 0.25) is 11.8 Å². The SMILES string of the molecule is CC(C)N[C@@H](CSSC[C@H](NC(=O)[C@@H](N)CC(=O)O)C(=O)C(C)C)C(=O)N[C@H](C(=O)C(C)C)[C@@H](C)O. The van der Waals surface area contributed by atoms with E-state index >= 15 is 0 Å². The summed E-state index contributed by atoms with van der Waals surface area (Å²) in [5, 5.41) is 27.2. The molecule has 11 nitrogen and oxygen atoms in total. The van der Waals surface area contributed by atoms with Crippen molar-refractivity contribution < 1.29 is 34.2 Å². The van der Waals surface area contributed by atoms with Gasteiger partial charge >= 0.3 is 5.97 Å². The number of nitrogens with two attached hydrogens (primary N) is 1. The molecule has 0 unspecified atom stereocenters. The van der Waals surface area contributed by atoms with Crippen LogP contribution in [0.3, 0.4) is 0 Å². The Kier molecular flexibility index (Phi) is 16.2. The molecule has 0 rings (SSSR count). The van der Waals surface area contributed by atoms with Gasteiger partial charge in [-0.1, -0.05) is 63.1 Å². The Morgan fingerprint density at radius 1 is 0.778 bits per heavy atom. The number of hydrogen-bond donors (Lipinski definition) is 6. The molecule has 0 heterocycles. The molecule has 0 saturated carbocycles. The molecule has 0 aromatic rings. The largest absolute Gasteiger partial charge is 0.481 e. The van der Waals surface area contributed by atoms with Crippen LogP contribution in [0.15, 0.2) is 0 Å². The Bertz CT molecular complexity index is 763. The fourth-order valence-corrected chi connectivity index (χ4v) is 5.39. The van der Waals surface area contributed by atoms with Crippen molar-refractivity contribution in [1.29, 1.82) is 0 Å². The highest BCUT2D eigenvalue weighted by Crippen LogP contribution is 2.24. The number of carbonyl (C=O) groups is 5. The third kappa shape index (κ3) is 13.0. The Morgan fingerprint density at radius 2 is 1.28 bits per heavy atom. The maximum Gasteiger partial charge on any atom is 0.305 e. The number of rotatable bonds is 18. The molecule has 0 fully saturated rings. The Hall–Kier alpha value is -1.67. The quantitative estimate of drug-likeness (QED) is 0.102. The smallest absolute Gasteiger partial charge is 0.305 e. The summed E-state index contributed by atoms with van der Waals surface area (Å²) in [5.74, 6) is -3.12. The molecular weight excluding hydrogens is 508 g/mol. The van der Waals surface area contributed by atoms with Crippen LogP contribution in [0.25, 0.3) is 0 Å². The lowest BCUT2D eigenvalue weighted by Crippen LogP contribution is -2.56. The van der Waals surface area contributed by atoms with E-state index in [1.54, 1.807) is 27.7 Å². The molecule has 0 radical (unpaired) electrons. The second-order valence-electron chi connectivity index (χ2n) is 9.55. The Labute approximate surface area is 221 Å². The molecule has 0 bridgehead atoms. The van der Waals surface area contributed by atoms with Crippen LogP contribution < -0.4 is 21.7 Å². The van der Waals surface area contributed by atoms with Crippen LogP contribution >= 0.6 is 21.6 Å². The van der Waals surface area contributed by atoms with Gasteiger partial charge in [0.1, 0.15) is 6.04 Å². The van der Waals surface area contributed by atoms with E-state index in [0.717, 1.165) is 0 Å². The predicted octanol–water partition coefficient (Wildman–Crippen LogP) is 0.337. The minimum Gasteiger partial charge on any atom is -0.481 e. The van der Waals surface area contributed by atoms with E-state index in [4.69, 9.17) is 10.8 Å². The molecule has 208 valence electrons. The van der Waals surface area contributed by atoms with E-state index in [9.17, 15) is 29.1 Å².